The van der Waals surface area contributed by atoms with E-state index in [2.05, 4.69) is 27.8 Å². The standard InChI is InChI=1S/C11H12BrNO/c1-14-10-5-6-11(13)9(8-10)4-2-3-7-12/h5-6,8H,3,7,13H2,1H3. The quantitative estimate of drug-likeness (QED) is 0.499. The van der Waals surface area contributed by atoms with Gasteiger partial charge in [-0.2, -0.15) is 0 Å². The average Bonchev–Trinajstić information content (AvgIpc) is 2.21. The molecule has 0 heterocycles. The SMILES string of the molecule is COc1ccc(N)c(C#CCCBr)c1. The minimum atomic E-state index is 0.688. The zero-order valence-electron chi connectivity index (χ0n) is 8.01. The summed E-state index contributed by atoms with van der Waals surface area (Å²) >= 11 is 3.31. The molecular formula is C11H12BrNO. The first kappa shape index (κ1) is 10.9. The molecule has 0 fully saturated rings. The van der Waals surface area contributed by atoms with Crippen LogP contribution in [0, 0.1) is 11.8 Å². The van der Waals surface area contributed by atoms with Crippen LogP contribution in [-0.4, -0.2) is 12.4 Å². The van der Waals surface area contributed by atoms with E-state index in [1.165, 1.54) is 0 Å². The van der Waals surface area contributed by atoms with Gasteiger partial charge < -0.3 is 10.5 Å². The molecule has 0 aliphatic carbocycles. The maximum atomic E-state index is 5.76. The number of halogens is 1. The number of nitrogen functional groups attached to an aromatic ring is 1. The third kappa shape index (κ3) is 2.97. The zero-order chi connectivity index (χ0) is 10.4. The third-order valence-electron chi connectivity index (χ3n) is 1.70. The number of rotatable bonds is 2. The van der Waals surface area contributed by atoms with Gasteiger partial charge in [-0.15, -0.1) is 0 Å². The van der Waals surface area contributed by atoms with Crippen LogP contribution in [-0.2, 0) is 0 Å². The molecule has 3 heteroatoms. The third-order valence-corrected chi connectivity index (χ3v) is 2.10. The molecule has 0 spiro atoms. The van der Waals surface area contributed by atoms with Crippen LogP contribution in [0.4, 0.5) is 5.69 Å². The van der Waals surface area contributed by atoms with E-state index in [1.54, 1.807) is 13.2 Å². The van der Waals surface area contributed by atoms with Crippen molar-refractivity contribution in [3.05, 3.63) is 23.8 Å². The largest absolute Gasteiger partial charge is 0.497 e. The zero-order valence-corrected chi connectivity index (χ0v) is 9.60. The summed E-state index contributed by atoms with van der Waals surface area (Å²) in [5.74, 6) is 6.79. The summed E-state index contributed by atoms with van der Waals surface area (Å²) in [5, 5.41) is 0.879. The number of benzene rings is 1. The highest BCUT2D eigenvalue weighted by atomic mass is 79.9. The fourth-order valence-corrected chi connectivity index (χ4v) is 1.17. The molecule has 1 aromatic rings. The van der Waals surface area contributed by atoms with E-state index in [4.69, 9.17) is 10.5 Å². The van der Waals surface area contributed by atoms with E-state index in [0.717, 1.165) is 23.1 Å². The van der Waals surface area contributed by atoms with Gasteiger partial charge in [0.05, 0.1) is 12.7 Å². The van der Waals surface area contributed by atoms with Gasteiger partial charge in [-0.05, 0) is 18.2 Å². The van der Waals surface area contributed by atoms with Gasteiger partial charge in [-0.25, -0.2) is 0 Å². The lowest BCUT2D eigenvalue weighted by molar-refractivity contribution is 0.415. The second-order valence-electron chi connectivity index (χ2n) is 2.69. The van der Waals surface area contributed by atoms with Crippen molar-refractivity contribution in [2.75, 3.05) is 18.2 Å². The van der Waals surface area contributed by atoms with Crippen LogP contribution in [0.3, 0.4) is 0 Å². The fourth-order valence-electron chi connectivity index (χ4n) is 0.976. The Balaban J connectivity index is 2.91. The Labute approximate surface area is 92.6 Å². The Morgan fingerprint density at radius 3 is 2.93 bits per heavy atom. The van der Waals surface area contributed by atoms with Crippen LogP contribution in [0.1, 0.15) is 12.0 Å². The summed E-state index contributed by atoms with van der Waals surface area (Å²) in [7, 11) is 1.63. The van der Waals surface area contributed by atoms with Crippen molar-refractivity contribution in [1.82, 2.24) is 0 Å². The highest BCUT2D eigenvalue weighted by molar-refractivity contribution is 9.09. The molecule has 0 aliphatic rings. The lowest BCUT2D eigenvalue weighted by atomic mass is 10.1. The molecule has 0 unspecified atom stereocenters. The molecule has 14 heavy (non-hydrogen) atoms. The molecule has 0 bridgehead atoms. The van der Waals surface area contributed by atoms with Gasteiger partial charge in [-0.1, -0.05) is 27.8 Å². The van der Waals surface area contributed by atoms with Gasteiger partial charge in [0.25, 0.3) is 0 Å². The monoisotopic (exact) mass is 253 g/mol. The van der Waals surface area contributed by atoms with Crippen molar-refractivity contribution in [2.24, 2.45) is 0 Å². The smallest absolute Gasteiger partial charge is 0.120 e. The molecule has 0 aliphatic heterocycles. The summed E-state index contributed by atoms with van der Waals surface area (Å²) < 4.78 is 5.08. The molecule has 74 valence electrons. The maximum absolute atomic E-state index is 5.76. The second kappa shape index (κ2) is 5.56. The van der Waals surface area contributed by atoms with Gasteiger partial charge in [0.15, 0.2) is 0 Å². The van der Waals surface area contributed by atoms with Crippen LogP contribution >= 0.6 is 15.9 Å². The van der Waals surface area contributed by atoms with Crippen molar-refractivity contribution in [3.8, 4) is 17.6 Å². The first-order chi connectivity index (χ1) is 6.77. The molecule has 0 aromatic heterocycles. The molecule has 2 N–H and O–H groups in total. The van der Waals surface area contributed by atoms with E-state index in [0.29, 0.717) is 5.69 Å². The molecular weight excluding hydrogens is 242 g/mol. The lowest BCUT2D eigenvalue weighted by Gasteiger charge is -2.02. The van der Waals surface area contributed by atoms with Crippen LogP contribution in [0.15, 0.2) is 18.2 Å². The summed E-state index contributed by atoms with van der Waals surface area (Å²) in [6.07, 6.45) is 0.816. The molecule has 1 aromatic carbocycles. The Bertz CT molecular complexity index is 365. The Hall–Kier alpha value is -1.14. The summed E-state index contributed by atoms with van der Waals surface area (Å²) in [4.78, 5) is 0. The summed E-state index contributed by atoms with van der Waals surface area (Å²) in [6, 6.07) is 5.47. The highest BCUT2D eigenvalue weighted by Gasteiger charge is 1.97. The number of hydrogen-bond donors (Lipinski definition) is 1. The number of hydrogen-bond acceptors (Lipinski definition) is 2. The molecule has 0 atom stereocenters. The number of methoxy groups -OCH3 is 1. The number of nitrogens with two attached hydrogens (primary N) is 1. The molecule has 0 amide bonds. The number of alkyl halides is 1. The van der Waals surface area contributed by atoms with Gasteiger partial charge in [0.2, 0.25) is 0 Å². The summed E-state index contributed by atoms with van der Waals surface area (Å²) in [5.41, 5.74) is 7.27. The van der Waals surface area contributed by atoms with Gasteiger partial charge in [-0.3, -0.25) is 0 Å². The lowest BCUT2D eigenvalue weighted by Crippen LogP contribution is -1.91. The molecule has 0 saturated heterocycles. The van der Waals surface area contributed by atoms with Gasteiger partial charge >= 0.3 is 0 Å². The van der Waals surface area contributed by atoms with E-state index >= 15 is 0 Å². The van der Waals surface area contributed by atoms with Crippen molar-refractivity contribution < 1.29 is 4.74 Å². The first-order valence-electron chi connectivity index (χ1n) is 4.26. The maximum Gasteiger partial charge on any atom is 0.120 e. The first-order valence-corrected chi connectivity index (χ1v) is 5.38. The highest BCUT2D eigenvalue weighted by Crippen LogP contribution is 2.18. The van der Waals surface area contributed by atoms with E-state index < -0.39 is 0 Å². The molecule has 1 rings (SSSR count). The molecule has 0 saturated carbocycles. The van der Waals surface area contributed by atoms with Crippen molar-refractivity contribution in [1.29, 1.82) is 0 Å². The Kier molecular flexibility index (Phi) is 4.34. The minimum absolute atomic E-state index is 0.688. The van der Waals surface area contributed by atoms with Crippen LogP contribution in [0.5, 0.6) is 5.75 Å². The predicted octanol–water partition coefficient (Wildman–Crippen LogP) is 2.41. The van der Waals surface area contributed by atoms with E-state index in [1.807, 2.05) is 12.1 Å². The Morgan fingerprint density at radius 2 is 2.29 bits per heavy atom. The molecule has 2 nitrogen and oxygen atoms in total. The number of anilines is 1. The predicted molar refractivity (Wildman–Crippen MR) is 62.7 cm³/mol. The summed E-state index contributed by atoms with van der Waals surface area (Å²) in [6.45, 7) is 0. The van der Waals surface area contributed by atoms with Crippen LogP contribution in [0.2, 0.25) is 0 Å². The van der Waals surface area contributed by atoms with E-state index in [9.17, 15) is 0 Å². The van der Waals surface area contributed by atoms with Crippen LogP contribution in [0.25, 0.3) is 0 Å². The van der Waals surface area contributed by atoms with Gasteiger partial charge in [0, 0.05) is 17.4 Å². The number of ether oxygens (including phenoxy) is 1. The van der Waals surface area contributed by atoms with Crippen molar-refractivity contribution in [3.63, 3.8) is 0 Å². The Morgan fingerprint density at radius 1 is 1.50 bits per heavy atom. The van der Waals surface area contributed by atoms with Crippen molar-refractivity contribution >= 4 is 21.6 Å². The van der Waals surface area contributed by atoms with Crippen molar-refractivity contribution in [2.45, 2.75) is 6.42 Å². The second-order valence-corrected chi connectivity index (χ2v) is 3.49. The van der Waals surface area contributed by atoms with Gasteiger partial charge in [0.1, 0.15) is 5.75 Å². The minimum Gasteiger partial charge on any atom is -0.497 e. The average molecular weight is 254 g/mol. The normalized spacial score (nSPS) is 9.00. The topological polar surface area (TPSA) is 35.2 Å². The van der Waals surface area contributed by atoms with E-state index in [-0.39, 0.29) is 0 Å². The fraction of sp³-hybridized carbons (Fsp3) is 0.273. The molecule has 0 radical (unpaired) electrons. The van der Waals surface area contributed by atoms with Crippen LogP contribution < -0.4 is 10.5 Å².